The first-order valence-electron chi connectivity index (χ1n) is 14.6. The van der Waals surface area contributed by atoms with Gasteiger partial charge in [-0.15, -0.1) is 0 Å². The zero-order valence-corrected chi connectivity index (χ0v) is 24.2. The molecule has 8 heteroatoms. The van der Waals surface area contributed by atoms with E-state index in [1.165, 1.54) is 30.2 Å². The summed E-state index contributed by atoms with van der Waals surface area (Å²) in [4.78, 5) is 56.3. The predicted molar refractivity (Wildman–Crippen MR) is 165 cm³/mol. The van der Waals surface area contributed by atoms with Crippen LogP contribution >= 0.6 is 0 Å². The van der Waals surface area contributed by atoms with Crippen LogP contribution in [0, 0.1) is 17.8 Å². The van der Waals surface area contributed by atoms with Gasteiger partial charge in [-0.3, -0.25) is 24.1 Å². The molecular weight excluding hydrogens is 556 g/mol. The Labute approximate surface area is 254 Å². The number of hydrogen-bond acceptors (Lipinski definition) is 7. The molecule has 0 aromatic heterocycles. The van der Waals surface area contributed by atoms with Crippen LogP contribution < -0.4 is 15.0 Å². The maximum atomic E-state index is 14.2. The molecule has 8 nitrogen and oxygen atoms in total. The second kappa shape index (κ2) is 10.5. The normalized spacial score (nSPS) is 24.4. The molecule has 0 spiro atoms. The molecule has 4 aliphatic rings. The Morgan fingerprint density at radius 1 is 0.886 bits per heavy atom. The van der Waals surface area contributed by atoms with Gasteiger partial charge in [0.15, 0.2) is 11.6 Å². The van der Waals surface area contributed by atoms with E-state index < -0.39 is 23.7 Å². The Hall–Kier alpha value is -5.24. The molecule has 4 unspecified atom stereocenters. The number of nitrogens with one attached hydrogen (secondary N) is 1. The molecule has 0 bridgehead atoms. The Bertz CT molecular complexity index is 1840. The van der Waals surface area contributed by atoms with E-state index in [0.717, 1.165) is 16.9 Å². The molecule has 0 saturated carbocycles. The van der Waals surface area contributed by atoms with Gasteiger partial charge in [0.25, 0.3) is 0 Å². The molecule has 1 aliphatic heterocycles. The average molecular weight is 587 g/mol. The van der Waals surface area contributed by atoms with Crippen molar-refractivity contribution in [3.63, 3.8) is 0 Å². The SMILES string of the molecule is COc1cc(O)ccc1C1C2=CCC3C(=O)N(c4ccc(Nc5ccccc5)cc4)C(=O)C3C2CC2=C1C(=O)C=C(C)C2=O. The van der Waals surface area contributed by atoms with Crippen LogP contribution in [-0.2, 0) is 19.2 Å². The number of carbonyl (C=O) groups is 4. The summed E-state index contributed by atoms with van der Waals surface area (Å²) >= 11 is 0. The second-order valence-corrected chi connectivity index (χ2v) is 11.7. The van der Waals surface area contributed by atoms with Gasteiger partial charge in [0, 0.05) is 45.6 Å². The molecule has 3 aromatic carbocycles. The molecule has 4 atom stereocenters. The Kier molecular flexibility index (Phi) is 6.57. The minimum absolute atomic E-state index is 0.00355. The van der Waals surface area contributed by atoms with Gasteiger partial charge in [-0.05, 0) is 74.2 Å². The third kappa shape index (κ3) is 4.28. The number of hydrogen-bond donors (Lipinski definition) is 2. The Morgan fingerprint density at radius 2 is 1.61 bits per heavy atom. The lowest BCUT2D eigenvalue weighted by Gasteiger charge is -2.42. The minimum atomic E-state index is -0.682. The number of rotatable bonds is 5. The summed E-state index contributed by atoms with van der Waals surface area (Å²) in [5.74, 6) is -3.04. The molecule has 220 valence electrons. The summed E-state index contributed by atoms with van der Waals surface area (Å²) < 4.78 is 5.61. The molecule has 3 aromatic rings. The summed E-state index contributed by atoms with van der Waals surface area (Å²) in [6.45, 7) is 1.62. The lowest BCUT2D eigenvalue weighted by atomic mass is 9.59. The number of phenolic OH excluding ortho intramolecular Hbond substituents is 1. The lowest BCUT2D eigenvalue weighted by Crippen LogP contribution is -2.39. The fourth-order valence-electron chi connectivity index (χ4n) is 7.31. The van der Waals surface area contributed by atoms with Crippen LogP contribution in [0.4, 0.5) is 17.1 Å². The summed E-state index contributed by atoms with van der Waals surface area (Å²) in [6.07, 6.45) is 3.87. The van der Waals surface area contributed by atoms with Gasteiger partial charge in [0.2, 0.25) is 11.8 Å². The Morgan fingerprint density at radius 3 is 2.34 bits per heavy atom. The number of methoxy groups -OCH3 is 1. The smallest absolute Gasteiger partial charge is 0.238 e. The Balaban J connectivity index is 1.27. The number of ether oxygens (including phenoxy) is 1. The first-order chi connectivity index (χ1) is 21.3. The van der Waals surface area contributed by atoms with E-state index in [2.05, 4.69) is 5.32 Å². The fraction of sp³-hybridized carbons (Fsp3) is 0.222. The highest BCUT2D eigenvalue weighted by Crippen LogP contribution is 2.56. The first-order valence-corrected chi connectivity index (χ1v) is 14.6. The summed E-state index contributed by atoms with van der Waals surface area (Å²) in [7, 11) is 1.48. The van der Waals surface area contributed by atoms with Crippen molar-refractivity contribution in [2.45, 2.75) is 25.7 Å². The summed E-state index contributed by atoms with van der Waals surface area (Å²) in [5, 5.41) is 13.5. The maximum Gasteiger partial charge on any atom is 0.238 e. The maximum absolute atomic E-state index is 14.2. The molecule has 7 rings (SSSR count). The number of carbonyl (C=O) groups excluding carboxylic acids is 4. The third-order valence-electron chi connectivity index (χ3n) is 9.28. The number of anilines is 3. The van der Waals surface area contributed by atoms with Crippen molar-refractivity contribution in [3.8, 4) is 11.5 Å². The van der Waals surface area contributed by atoms with Gasteiger partial charge in [-0.25, -0.2) is 0 Å². The van der Waals surface area contributed by atoms with Gasteiger partial charge in [0.1, 0.15) is 11.5 Å². The fourth-order valence-corrected chi connectivity index (χ4v) is 7.31. The molecule has 3 aliphatic carbocycles. The van der Waals surface area contributed by atoms with Crippen molar-refractivity contribution in [2.75, 3.05) is 17.3 Å². The van der Waals surface area contributed by atoms with Crippen molar-refractivity contribution >= 4 is 40.4 Å². The first kappa shape index (κ1) is 27.6. The van der Waals surface area contributed by atoms with Gasteiger partial charge >= 0.3 is 0 Å². The highest BCUT2D eigenvalue weighted by atomic mass is 16.5. The molecule has 2 amide bonds. The van der Waals surface area contributed by atoms with Crippen molar-refractivity contribution < 1.29 is 29.0 Å². The van der Waals surface area contributed by atoms with Crippen molar-refractivity contribution in [1.29, 1.82) is 0 Å². The van der Waals surface area contributed by atoms with Crippen LogP contribution in [-0.4, -0.2) is 35.6 Å². The van der Waals surface area contributed by atoms with Gasteiger partial charge in [-0.2, -0.15) is 0 Å². The monoisotopic (exact) mass is 586 g/mol. The number of ketones is 2. The van der Waals surface area contributed by atoms with E-state index in [0.29, 0.717) is 40.1 Å². The van der Waals surface area contributed by atoms with Crippen LogP contribution in [0.1, 0.15) is 31.2 Å². The molecule has 1 heterocycles. The summed E-state index contributed by atoms with van der Waals surface area (Å²) in [5.41, 5.74) is 4.79. The van der Waals surface area contributed by atoms with Gasteiger partial charge in [-0.1, -0.05) is 35.9 Å². The number of benzene rings is 3. The number of aromatic hydroxyl groups is 1. The molecule has 44 heavy (non-hydrogen) atoms. The van der Waals surface area contributed by atoms with Crippen molar-refractivity contribution in [2.24, 2.45) is 17.8 Å². The quantitative estimate of drug-likeness (QED) is 0.221. The second-order valence-electron chi connectivity index (χ2n) is 11.7. The van der Waals surface area contributed by atoms with Crippen LogP contribution in [0.25, 0.3) is 0 Å². The largest absolute Gasteiger partial charge is 0.508 e. The van der Waals surface area contributed by atoms with E-state index in [1.807, 2.05) is 48.5 Å². The number of nitrogens with zero attached hydrogens (tertiary/aromatic N) is 1. The van der Waals surface area contributed by atoms with E-state index in [4.69, 9.17) is 4.74 Å². The number of phenols is 1. The number of fused-ring (bicyclic) bond motifs is 3. The zero-order chi connectivity index (χ0) is 30.7. The number of para-hydroxylation sites is 1. The molecule has 1 saturated heterocycles. The molecule has 2 N–H and O–H groups in total. The lowest BCUT2D eigenvalue weighted by molar-refractivity contribution is -0.123. The summed E-state index contributed by atoms with van der Waals surface area (Å²) in [6, 6.07) is 21.6. The van der Waals surface area contributed by atoms with E-state index >= 15 is 0 Å². The highest BCUT2D eigenvalue weighted by Gasteiger charge is 2.56. The topological polar surface area (TPSA) is 113 Å². The van der Waals surface area contributed by atoms with Gasteiger partial charge < -0.3 is 15.2 Å². The zero-order valence-electron chi connectivity index (χ0n) is 24.2. The van der Waals surface area contributed by atoms with Crippen LogP contribution in [0.5, 0.6) is 11.5 Å². The molecule has 0 radical (unpaired) electrons. The molecule has 1 fully saturated rings. The van der Waals surface area contributed by atoms with E-state index in [-0.39, 0.29) is 35.6 Å². The number of imide groups is 1. The van der Waals surface area contributed by atoms with Crippen molar-refractivity contribution in [1.82, 2.24) is 0 Å². The number of allylic oxidation sites excluding steroid dienone is 6. The highest BCUT2D eigenvalue weighted by molar-refractivity contribution is 6.25. The third-order valence-corrected chi connectivity index (χ3v) is 9.28. The van der Waals surface area contributed by atoms with E-state index in [1.54, 1.807) is 25.1 Å². The minimum Gasteiger partial charge on any atom is -0.508 e. The predicted octanol–water partition coefficient (Wildman–Crippen LogP) is 5.78. The number of Topliss-reactive ketones (excluding diaryl/α,β-unsaturated/α-hetero) is 1. The molecular formula is C36H30N2O6. The van der Waals surface area contributed by atoms with E-state index in [9.17, 15) is 24.3 Å². The van der Waals surface area contributed by atoms with Gasteiger partial charge in [0.05, 0.1) is 24.6 Å². The van der Waals surface area contributed by atoms with Crippen LogP contribution in [0.3, 0.4) is 0 Å². The van der Waals surface area contributed by atoms with Crippen LogP contribution in [0.2, 0.25) is 0 Å². The van der Waals surface area contributed by atoms with Crippen molar-refractivity contribution in [3.05, 3.63) is 113 Å². The number of amides is 2. The van der Waals surface area contributed by atoms with Crippen LogP contribution in [0.15, 0.2) is 107 Å². The average Bonchev–Trinajstić information content (AvgIpc) is 3.29. The standard InChI is InChI=1S/C36H30N2O6/c1-19-16-29(40)33-28(34(19)41)18-27-24(31(33)25-13-12-23(39)17-30(25)44-2)14-15-26-32(27)36(43)38(35(26)42)22-10-8-21(9-11-22)37-20-6-4-3-5-7-20/h3-14,16-17,26-27,31-32,37,39H,15,18H2,1-2H3.